The molecule has 4 aliphatic rings. The molecular weight excluding hydrogens is 615 g/mol. The largest absolute Gasteiger partial charge is 0.363 e. The fraction of sp³-hybridized carbons (Fsp3) is 0.618. The van der Waals surface area contributed by atoms with Crippen molar-refractivity contribution in [1.82, 2.24) is 19.4 Å². The van der Waals surface area contributed by atoms with E-state index in [-0.39, 0.29) is 34.6 Å². The van der Waals surface area contributed by atoms with Crippen LogP contribution in [0.3, 0.4) is 0 Å². The van der Waals surface area contributed by atoms with Crippen LogP contribution >= 0.6 is 0 Å². The first-order valence-electron chi connectivity index (χ1n) is 16.7. The van der Waals surface area contributed by atoms with Crippen molar-refractivity contribution in [3.8, 4) is 0 Å². The van der Waals surface area contributed by atoms with Gasteiger partial charge in [-0.2, -0.15) is 0 Å². The number of aryl methyl sites for hydroxylation is 1. The molecule has 3 aromatic rings. The van der Waals surface area contributed by atoms with Gasteiger partial charge >= 0.3 is 0 Å². The first kappa shape index (κ1) is 32.9. The fourth-order valence-electron chi connectivity index (χ4n) is 7.61. The first-order valence-corrected chi connectivity index (χ1v) is 18.5. The number of nitrogens with zero attached hydrogens (tertiary/aromatic N) is 4. The number of aromatic nitrogens is 3. The van der Waals surface area contributed by atoms with Crippen LogP contribution in [0.2, 0.25) is 0 Å². The van der Waals surface area contributed by atoms with Gasteiger partial charge < -0.3 is 10.2 Å². The standard InChI is InChI=1S/C34H44F3N5O3S/c1-22-8-5-3-4-6-15-42-32-28(20-27(33(42)43)24-13-18-46(44,45)19-14-24)31(38-21-39-32)40-23(2)26-9-7-10-29(30(26)35)34(36,37)25-11-16-41(22)17-12-25/h7,9-10,20-25H,3-6,8,11-19H2,1-2H3,(H,38,39,40)/t22?,23-/m1/s1. The van der Waals surface area contributed by atoms with Crippen LogP contribution < -0.4 is 10.9 Å². The number of anilines is 1. The highest BCUT2D eigenvalue weighted by Gasteiger charge is 2.45. The van der Waals surface area contributed by atoms with E-state index in [1.165, 1.54) is 24.5 Å². The van der Waals surface area contributed by atoms with Gasteiger partial charge in [-0.1, -0.05) is 37.5 Å². The zero-order valence-corrected chi connectivity index (χ0v) is 27.5. The molecule has 2 atom stereocenters. The molecule has 0 spiro atoms. The molecule has 12 heteroatoms. The second-order valence-electron chi connectivity index (χ2n) is 13.5. The zero-order valence-electron chi connectivity index (χ0n) is 26.7. The molecule has 1 aromatic carbocycles. The quantitative estimate of drug-likeness (QED) is 0.317. The number of hydrogen-bond donors (Lipinski definition) is 1. The molecule has 1 unspecified atom stereocenters. The molecule has 1 N–H and O–H groups in total. The third kappa shape index (κ3) is 6.56. The maximum absolute atomic E-state index is 16.0. The van der Waals surface area contributed by atoms with Gasteiger partial charge in [0.1, 0.15) is 33.4 Å². The maximum atomic E-state index is 16.0. The Morgan fingerprint density at radius 3 is 2.37 bits per heavy atom. The van der Waals surface area contributed by atoms with Gasteiger partial charge in [0.2, 0.25) is 0 Å². The minimum absolute atomic E-state index is 0.0273. The number of rotatable bonds is 1. The molecule has 8 bridgehead atoms. The Morgan fingerprint density at radius 1 is 0.913 bits per heavy atom. The molecular formula is C34H44F3N5O3S. The van der Waals surface area contributed by atoms with E-state index < -0.39 is 39.1 Å². The lowest BCUT2D eigenvalue weighted by Gasteiger charge is -2.39. The van der Waals surface area contributed by atoms with Gasteiger partial charge in [-0.15, -0.1) is 0 Å². The zero-order chi connectivity index (χ0) is 32.6. The topological polar surface area (TPSA) is 97.2 Å². The lowest BCUT2D eigenvalue weighted by molar-refractivity contribution is -0.0907. The van der Waals surface area contributed by atoms with E-state index in [1.54, 1.807) is 17.6 Å². The van der Waals surface area contributed by atoms with Gasteiger partial charge in [-0.05, 0) is 77.4 Å². The number of pyridine rings is 1. The molecule has 2 aromatic heterocycles. The van der Waals surface area contributed by atoms with Crippen molar-refractivity contribution < 1.29 is 21.6 Å². The number of nitrogens with one attached hydrogen (secondary N) is 1. The van der Waals surface area contributed by atoms with Crippen LogP contribution in [0.5, 0.6) is 0 Å². The first-order chi connectivity index (χ1) is 22.0. The number of piperidine rings is 1. The summed E-state index contributed by atoms with van der Waals surface area (Å²) in [5.74, 6) is -4.98. The van der Waals surface area contributed by atoms with E-state index >= 15 is 13.2 Å². The number of benzene rings is 1. The maximum Gasteiger partial charge on any atom is 0.278 e. The van der Waals surface area contributed by atoms with Crippen LogP contribution in [0.4, 0.5) is 19.0 Å². The van der Waals surface area contributed by atoms with Crippen LogP contribution in [0.15, 0.2) is 35.4 Å². The molecule has 8 nitrogen and oxygen atoms in total. The summed E-state index contributed by atoms with van der Waals surface area (Å²) in [5.41, 5.74) is 0.314. The molecule has 0 aliphatic carbocycles. The molecule has 7 rings (SSSR count). The van der Waals surface area contributed by atoms with E-state index in [1.807, 2.05) is 0 Å². The molecule has 0 radical (unpaired) electrons. The predicted molar refractivity (Wildman–Crippen MR) is 174 cm³/mol. The smallest absolute Gasteiger partial charge is 0.278 e. The van der Waals surface area contributed by atoms with Crippen LogP contribution in [0.1, 0.15) is 100 Å². The average Bonchev–Trinajstić information content (AvgIpc) is 3.03. The number of hydrogen-bond acceptors (Lipinski definition) is 7. The van der Waals surface area contributed by atoms with E-state index in [2.05, 4.69) is 27.1 Å². The number of alkyl halides is 2. The summed E-state index contributed by atoms with van der Waals surface area (Å²) in [6.07, 6.45) is 7.33. The summed E-state index contributed by atoms with van der Waals surface area (Å²) in [5, 5.41) is 3.79. The van der Waals surface area contributed by atoms with Crippen LogP contribution in [0.25, 0.3) is 11.0 Å². The number of halogens is 3. The Balaban J connectivity index is 1.41. The number of fused-ring (bicyclic) bond motifs is 9. The fourth-order valence-corrected chi connectivity index (χ4v) is 9.10. The van der Waals surface area contributed by atoms with Gasteiger partial charge in [0.05, 0.1) is 28.5 Å². The minimum Gasteiger partial charge on any atom is -0.363 e. The molecule has 0 saturated carbocycles. The molecule has 6 heterocycles. The lowest BCUT2D eigenvalue weighted by atomic mass is 9.84. The normalized spacial score (nSPS) is 27.6. The summed E-state index contributed by atoms with van der Waals surface area (Å²) in [4.78, 5) is 25.2. The van der Waals surface area contributed by atoms with Gasteiger partial charge in [0.25, 0.3) is 11.5 Å². The third-order valence-electron chi connectivity index (χ3n) is 10.5. The van der Waals surface area contributed by atoms with Crippen molar-refractivity contribution in [3.05, 3.63) is 63.5 Å². The van der Waals surface area contributed by atoms with Crippen molar-refractivity contribution in [2.45, 2.75) is 102 Å². The minimum atomic E-state index is -3.31. The van der Waals surface area contributed by atoms with Crippen molar-refractivity contribution in [3.63, 3.8) is 0 Å². The van der Waals surface area contributed by atoms with Crippen LogP contribution in [0, 0.1) is 11.7 Å². The van der Waals surface area contributed by atoms with Gasteiger partial charge in [-0.25, -0.2) is 31.6 Å². The number of sulfone groups is 1. The van der Waals surface area contributed by atoms with E-state index in [0.29, 0.717) is 67.7 Å². The molecule has 2 saturated heterocycles. The Hall–Kier alpha value is -2.99. The summed E-state index contributed by atoms with van der Waals surface area (Å²) < 4.78 is 73.9. The highest BCUT2D eigenvalue weighted by Crippen LogP contribution is 2.44. The summed E-state index contributed by atoms with van der Waals surface area (Å²) in [6.45, 7) is 5.44. The van der Waals surface area contributed by atoms with Crippen LogP contribution in [-0.4, -0.2) is 58.5 Å². The van der Waals surface area contributed by atoms with Gasteiger partial charge in [0, 0.05) is 29.6 Å². The van der Waals surface area contributed by atoms with Crippen molar-refractivity contribution in [2.24, 2.45) is 5.92 Å². The van der Waals surface area contributed by atoms with Crippen molar-refractivity contribution in [1.29, 1.82) is 0 Å². The van der Waals surface area contributed by atoms with Gasteiger partial charge in [-0.3, -0.25) is 9.36 Å². The van der Waals surface area contributed by atoms with Crippen LogP contribution in [-0.2, 0) is 22.3 Å². The Morgan fingerprint density at radius 2 is 1.63 bits per heavy atom. The summed E-state index contributed by atoms with van der Waals surface area (Å²) in [7, 11) is -3.13. The monoisotopic (exact) mass is 659 g/mol. The Bertz CT molecular complexity index is 1730. The van der Waals surface area contributed by atoms with E-state index in [9.17, 15) is 13.2 Å². The summed E-state index contributed by atoms with van der Waals surface area (Å²) in [6, 6.07) is 5.49. The second kappa shape index (κ2) is 13.3. The van der Waals surface area contributed by atoms with Gasteiger partial charge in [0.15, 0.2) is 0 Å². The van der Waals surface area contributed by atoms with E-state index in [4.69, 9.17) is 0 Å². The molecule has 4 aliphatic heterocycles. The molecule has 250 valence electrons. The third-order valence-corrected chi connectivity index (χ3v) is 12.2. The Kier molecular flexibility index (Phi) is 9.49. The molecule has 2 fully saturated rings. The highest BCUT2D eigenvalue weighted by atomic mass is 32.2. The lowest BCUT2D eigenvalue weighted by Crippen LogP contribution is -2.43. The molecule has 46 heavy (non-hydrogen) atoms. The second-order valence-corrected chi connectivity index (χ2v) is 15.8. The van der Waals surface area contributed by atoms with Crippen molar-refractivity contribution in [2.75, 3.05) is 29.9 Å². The molecule has 0 amide bonds. The SMILES string of the molecule is CC1CCCCCCn2c(=O)c(C3CCS(=O)(=O)CC3)cc3c(ncnc32)N[C@H](C)c2cccc(c2F)C(F)(F)C2CCN1CC2. The average molecular weight is 660 g/mol. The predicted octanol–water partition coefficient (Wildman–Crippen LogP) is 6.55. The summed E-state index contributed by atoms with van der Waals surface area (Å²) >= 11 is 0. The van der Waals surface area contributed by atoms with E-state index in [0.717, 1.165) is 32.1 Å². The van der Waals surface area contributed by atoms with Crippen molar-refractivity contribution >= 4 is 26.7 Å². The highest BCUT2D eigenvalue weighted by molar-refractivity contribution is 7.91. The Labute approximate surface area is 268 Å².